The van der Waals surface area contributed by atoms with Crippen molar-refractivity contribution in [1.82, 2.24) is 25.4 Å². The summed E-state index contributed by atoms with van der Waals surface area (Å²) in [5.41, 5.74) is 1.73. The molecule has 2 aromatic rings. The highest BCUT2D eigenvalue weighted by molar-refractivity contribution is 7.15. The molecule has 1 aliphatic carbocycles. The number of carbonyl (C=O) groups excluding carboxylic acids is 1. The summed E-state index contributed by atoms with van der Waals surface area (Å²) in [6, 6.07) is 0.201. The molecule has 1 N–H and O–H groups in total. The third kappa shape index (κ3) is 3.32. The monoisotopic (exact) mass is 348 g/mol. The van der Waals surface area contributed by atoms with Crippen molar-refractivity contribution in [2.24, 2.45) is 0 Å². The summed E-state index contributed by atoms with van der Waals surface area (Å²) in [5, 5.41) is 20.6. The summed E-state index contributed by atoms with van der Waals surface area (Å²) in [7, 11) is 0. The fourth-order valence-electron chi connectivity index (χ4n) is 3.15. The van der Waals surface area contributed by atoms with Gasteiger partial charge in [-0.05, 0) is 39.2 Å². The van der Waals surface area contributed by atoms with Gasteiger partial charge in [0.2, 0.25) is 11.0 Å². The Morgan fingerprint density at radius 1 is 1.33 bits per heavy atom. The fourth-order valence-corrected chi connectivity index (χ4v) is 4.08. The largest absolute Gasteiger partial charge is 0.300 e. The van der Waals surface area contributed by atoms with E-state index in [9.17, 15) is 4.79 Å². The van der Waals surface area contributed by atoms with Crippen LogP contribution in [0.25, 0.3) is 0 Å². The van der Waals surface area contributed by atoms with Crippen LogP contribution >= 0.6 is 11.3 Å². The van der Waals surface area contributed by atoms with Crippen LogP contribution in [0, 0.1) is 6.92 Å². The Labute approximate surface area is 143 Å². The smallest absolute Gasteiger partial charge is 0.227 e. The fraction of sp³-hybridized carbons (Fsp3) is 0.667. The van der Waals surface area contributed by atoms with Crippen molar-refractivity contribution in [3.05, 3.63) is 16.4 Å². The molecule has 0 radical (unpaired) electrons. The Bertz CT molecular complexity index is 725. The van der Waals surface area contributed by atoms with Crippen molar-refractivity contribution in [3.63, 3.8) is 0 Å². The first-order chi connectivity index (χ1) is 11.7. The maximum Gasteiger partial charge on any atom is 0.227 e. The highest BCUT2D eigenvalue weighted by atomic mass is 32.1. The van der Waals surface area contributed by atoms with Gasteiger partial charge >= 0.3 is 0 Å². The molecule has 3 heterocycles. The first-order valence-electron chi connectivity index (χ1n) is 8.37. The average Bonchev–Trinajstić information content (AvgIpc) is 2.96. The summed E-state index contributed by atoms with van der Waals surface area (Å²) in [6.07, 6.45) is 4.93. The number of nitrogens with zero attached hydrogens (tertiary/aromatic N) is 5. The zero-order chi connectivity index (χ0) is 16.5. The van der Waals surface area contributed by atoms with E-state index in [0.29, 0.717) is 24.0 Å². The third-order valence-electron chi connectivity index (χ3n) is 4.61. The number of hydrogen-bond donors (Lipinski definition) is 1. The zero-order valence-electron chi connectivity index (χ0n) is 13.6. The molecule has 2 aliphatic rings. The molecule has 2 aromatic heterocycles. The van der Waals surface area contributed by atoms with E-state index >= 15 is 0 Å². The topological polar surface area (TPSA) is 97.0 Å². The van der Waals surface area contributed by atoms with Crippen molar-refractivity contribution in [2.45, 2.75) is 51.0 Å². The van der Waals surface area contributed by atoms with Gasteiger partial charge in [-0.15, -0.1) is 10.2 Å². The van der Waals surface area contributed by atoms with E-state index in [-0.39, 0.29) is 11.9 Å². The lowest BCUT2D eigenvalue weighted by molar-refractivity contribution is -0.116. The molecule has 0 spiro atoms. The highest BCUT2D eigenvalue weighted by Gasteiger charge is 2.30. The Morgan fingerprint density at radius 2 is 2.21 bits per heavy atom. The van der Waals surface area contributed by atoms with Crippen molar-refractivity contribution in [1.29, 1.82) is 0 Å². The number of nitrogens with one attached hydrogen (secondary N) is 1. The van der Waals surface area contributed by atoms with E-state index in [1.54, 1.807) is 0 Å². The van der Waals surface area contributed by atoms with E-state index < -0.39 is 0 Å². The van der Waals surface area contributed by atoms with E-state index in [1.165, 1.54) is 24.2 Å². The number of hydrogen-bond acceptors (Lipinski definition) is 8. The lowest BCUT2D eigenvalue weighted by atomic mass is 10.1. The van der Waals surface area contributed by atoms with E-state index in [0.717, 1.165) is 35.8 Å². The predicted octanol–water partition coefficient (Wildman–Crippen LogP) is 2.27. The number of aryl methyl sites for hydroxylation is 1. The van der Waals surface area contributed by atoms with Gasteiger partial charge in [-0.25, -0.2) is 4.63 Å². The number of likely N-dealkylation sites (tertiary alicyclic amines) is 1. The molecule has 8 nitrogen and oxygen atoms in total. The number of amides is 1. The lowest BCUT2D eigenvalue weighted by Gasteiger charge is -2.22. The molecule has 128 valence electrons. The molecular formula is C15H20N6O2S. The number of rotatable bonds is 6. The maximum absolute atomic E-state index is 12.2. The third-order valence-corrected chi connectivity index (χ3v) is 5.61. The minimum absolute atomic E-state index is 0.0193. The molecule has 1 saturated heterocycles. The Kier molecular flexibility index (Phi) is 4.28. The molecule has 1 atom stereocenters. The van der Waals surface area contributed by atoms with Crippen molar-refractivity contribution in [3.8, 4) is 0 Å². The van der Waals surface area contributed by atoms with Gasteiger partial charge in [0, 0.05) is 18.9 Å². The minimum Gasteiger partial charge on any atom is -0.300 e. The van der Waals surface area contributed by atoms with Crippen molar-refractivity contribution < 1.29 is 9.42 Å². The molecule has 9 heteroatoms. The van der Waals surface area contributed by atoms with Crippen LogP contribution in [0.1, 0.15) is 60.5 Å². The molecule has 1 saturated carbocycles. The standard InChI is InChI=1S/C15H20N6O2S/c1-9-13(20-23-19-9)11-3-2-7-21(11)8-6-12(22)16-15-18-17-14(24-15)10-4-5-10/h10-11H,2-8H2,1H3,(H,16,18,22). The van der Waals surface area contributed by atoms with E-state index in [1.807, 2.05) is 6.92 Å². The normalized spacial score (nSPS) is 21.3. The van der Waals surface area contributed by atoms with Gasteiger partial charge in [-0.1, -0.05) is 21.7 Å². The molecule has 2 fully saturated rings. The van der Waals surface area contributed by atoms with Crippen LogP contribution in [0.2, 0.25) is 0 Å². The molecule has 1 aliphatic heterocycles. The SMILES string of the molecule is Cc1nonc1C1CCCN1CCC(=O)Nc1nnc(C2CC2)s1. The molecular weight excluding hydrogens is 328 g/mol. The van der Waals surface area contributed by atoms with Crippen LogP contribution in [0.3, 0.4) is 0 Å². The van der Waals surface area contributed by atoms with E-state index in [2.05, 4.69) is 30.7 Å². The lowest BCUT2D eigenvalue weighted by Crippen LogP contribution is -2.28. The van der Waals surface area contributed by atoms with Crippen LogP contribution in [0.5, 0.6) is 0 Å². The molecule has 0 aromatic carbocycles. The average molecular weight is 348 g/mol. The molecule has 24 heavy (non-hydrogen) atoms. The summed E-state index contributed by atoms with van der Waals surface area (Å²) in [5.74, 6) is 0.548. The molecule has 1 amide bonds. The first-order valence-corrected chi connectivity index (χ1v) is 9.18. The Balaban J connectivity index is 1.30. The first kappa shape index (κ1) is 15.6. The Morgan fingerprint density at radius 3 is 2.96 bits per heavy atom. The van der Waals surface area contributed by atoms with Gasteiger partial charge in [0.25, 0.3) is 0 Å². The summed E-state index contributed by atoms with van der Waals surface area (Å²) >= 11 is 1.49. The predicted molar refractivity (Wildman–Crippen MR) is 87.7 cm³/mol. The van der Waals surface area contributed by atoms with Gasteiger partial charge in [-0.2, -0.15) is 0 Å². The van der Waals surface area contributed by atoms with Crippen LogP contribution in [-0.4, -0.2) is 44.4 Å². The van der Waals surface area contributed by atoms with Crippen molar-refractivity contribution in [2.75, 3.05) is 18.4 Å². The van der Waals surface area contributed by atoms with Gasteiger partial charge in [0.15, 0.2) is 0 Å². The van der Waals surface area contributed by atoms with Crippen LogP contribution in [0.4, 0.5) is 5.13 Å². The summed E-state index contributed by atoms with van der Waals surface area (Å²) in [4.78, 5) is 14.5. The molecule has 0 bridgehead atoms. The second-order valence-electron chi connectivity index (χ2n) is 6.45. The zero-order valence-corrected chi connectivity index (χ0v) is 14.4. The second kappa shape index (κ2) is 6.56. The van der Waals surface area contributed by atoms with Gasteiger partial charge in [-0.3, -0.25) is 9.69 Å². The maximum atomic E-state index is 12.2. The number of carbonyl (C=O) groups is 1. The summed E-state index contributed by atoms with van der Waals surface area (Å²) in [6.45, 7) is 3.56. The van der Waals surface area contributed by atoms with Gasteiger partial charge in [0.05, 0.1) is 6.04 Å². The van der Waals surface area contributed by atoms with Crippen molar-refractivity contribution >= 4 is 22.4 Å². The second-order valence-corrected chi connectivity index (χ2v) is 7.46. The van der Waals surface area contributed by atoms with Crippen LogP contribution in [0.15, 0.2) is 4.63 Å². The van der Waals surface area contributed by atoms with Gasteiger partial charge in [0.1, 0.15) is 16.4 Å². The highest BCUT2D eigenvalue weighted by Crippen LogP contribution is 2.42. The van der Waals surface area contributed by atoms with Crippen LogP contribution < -0.4 is 5.32 Å². The number of aromatic nitrogens is 4. The summed E-state index contributed by atoms with van der Waals surface area (Å²) < 4.78 is 4.82. The van der Waals surface area contributed by atoms with E-state index in [4.69, 9.17) is 4.63 Å². The number of anilines is 1. The molecule has 1 unspecified atom stereocenters. The van der Waals surface area contributed by atoms with Gasteiger partial charge < -0.3 is 5.32 Å². The Hall–Kier alpha value is -1.87. The minimum atomic E-state index is -0.0193. The quantitative estimate of drug-likeness (QED) is 0.855. The van der Waals surface area contributed by atoms with Crippen LogP contribution in [-0.2, 0) is 4.79 Å². The molecule has 4 rings (SSSR count).